The van der Waals surface area contributed by atoms with E-state index in [1.807, 2.05) is 0 Å². The molecule has 1 aromatic carbocycles. The highest BCUT2D eigenvalue weighted by atomic mass is 16.3. The van der Waals surface area contributed by atoms with E-state index < -0.39 is 0 Å². The number of anilines is 1. The minimum Gasteiger partial charge on any atom is -0.396 e. The number of rotatable bonds is 6. The van der Waals surface area contributed by atoms with E-state index in [0.29, 0.717) is 30.6 Å². The maximum absolute atomic E-state index is 12.0. The predicted molar refractivity (Wildman–Crippen MR) is 89.9 cm³/mol. The molecular formula is C18H25N3O2. The molecular weight excluding hydrogens is 290 g/mol. The molecule has 0 unspecified atom stereocenters. The van der Waals surface area contributed by atoms with Crippen LogP contribution in [0.15, 0.2) is 24.3 Å². The van der Waals surface area contributed by atoms with Crippen LogP contribution in [0.1, 0.15) is 37.7 Å². The molecule has 1 fully saturated rings. The van der Waals surface area contributed by atoms with Gasteiger partial charge in [0.25, 0.3) is 0 Å². The fourth-order valence-corrected chi connectivity index (χ4v) is 3.08. The van der Waals surface area contributed by atoms with Crippen LogP contribution in [-0.2, 0) is 4.79 Å². The Morgan fingerprint density at radius 2 is 1.96 bits per heavy atom. The number of nitrogens with one attached hydrogen (secondary N) is 1. The van der Waals surface area contributed by atoms with Crippen molar-refractivity contribution in [1.29, 1.82) is 5.26 Å². The molecule has 0 spiro atoms. The van der Waals surface area contributed by atoms with Gasteiger partial charge in [0.15, 0.2) is 0 Å². The van der Waals surface area contributed by atoms with Crippen LogP contribution in [0.4, 0.5) is 5.69 Å². The van der Waals surface area contributed by atoms with Crippen molar-refractivity contribution in [2.24, 2.45) is 5.92 Å². The number of aliphatic hydroxyl groups excluding tert-OH is 1. The molecule has 0 aliphatic heterocycles. The monoisotopic (exact) mass is 315 g/mol. The van der Waals surface area contributed by atoms with E-state index in [-0.39, 0.29) is 5.91 Å². The van der Waals surface area contributed by atoms with Crippen LogP contribution in [0.2, 0.25) is 0 Å². The Bertz CT molecular complexity index is 542. The van der Waals surface area contributed by atoms with Crippen LogP contribution in [-0.4, -0.2) is 42.2 Å². The van der Waals surface area contributed by atoms with Gasteiger partial charge < -0.3 is 15.3 Å². The summed E-state index contributed by atoms with van der Waals surface area (Å²) in [7, 11) is 2.07. The fraction of sp³-hybridized carbons (Fsp3) is 0.556. The number of hydrogen-bond acceptors (Lipinski definition) is 4. The van der Waals surface area contributed by atoms with Crippen molar-refractivity contribution in [3.05, 3.63) is 29.8 Å². The highest BCUT2D eigenvalue weighted by Gasteiger charge is 2.23. The summed E-state index contributed by atoms with van der Waals surface area (Å²) in [6.45, 7) is 1.03. The highest BCUT2D eigenvalue weighted by molar-refractivity contribution is 5.90. The number of aliphatic hydroxyl groups is 1. The second-order valence-electron chi connectivity index (χ2n) is 6.33. The first-order chi connectivity index (χ1) is 11.1. The van der Waals surface area contributed by atoms with Crippen molar-refractivity contribution in [2.45, 2.75) is 38.1 Å². The van der Waals surface area contributed by atoms with Gasteiger partial charge in [0, 0.05) is 31.3 Å². The van der Waals surface area contributed by atoms with Crippen molar-refractivity contribution in [2.75, 3.05) is 25.5 Å². The second-order valence-corrected chi connectivity index (χ2v) is 6.33. The van der Waals surface area contributed by atoms with Crippen molar-refractivity contribution in [1.82, 2.24) is 4.90 Å². The largest absolute Gasteiger partial charge is 0.396 e. The minimum atomic E-state index is -0.00870. The average Bonchev–Trinajstić information content (AvgIpc) is 2.60. The van der Waals surface area contributed by atoms with Gasteiger partial charge in [0.1, 0.15) is 0 Å². The molecule has 23 heavy (non-hydrogen) atoms. The van der Waals surface area contributed by atoms with E-state index in [1.54, 1.807) is 24.3 Å². The molecule has 5 heteroatoms. The number of amides is 1. The third-order valence-corrected chi connectivity index (χ3v) is 4.69. The number of nitriles is 1. The van der Waals surface area contributed by atoms with Gasteiger partial charge in [0.05, 0.1) is 11.6 Å². The fourth-order valence-electron chi connectivity index (χ4n) is 3.08. The molecule has 1 saturated carbocycles. The molecule has 1 amide bonds. The molecule has 5 nitrogen and oxygen atoms in total. The van der Waals surface area contributed by atoms with Crippen molar-refractivity contribution < 1.29 is 9.90 Å². The third kappa shape index (κ3) is 5.34. The van der Waals surface area contributed by atoms with Crippen molar-refractivity contribution in [3.63, 3.8) is 0 Å². The molecule has 0 heterocycles. The molecule has 2 rings (SSSR count). The summed E-state index contributed by atoms with van der Waals surface area (Å²) >= 11 is 0. The summed E-state index contributed by atoms with van der Waals surface area (Å²) < 4.78 is 0. The van der Waals surface area contributed by atoms with Gasteiger partial charge in [-0.1, -0.05) is 0 Å². The Morgan fingerprint density at radius 3 is 2.52 bits per heavy atom. The lowest BCUT2D eigenvalue weighted by molar-refractivity contribution is -0.116. The SMILES string of the molecule is CN(CCC(=O)Nc1ccc(C#N)cc1)C1CCC(CO)CC1. The predicted octanol–water partition coefficient (Wildman–Crippen LogP) is 2.37. The summed E-state index contributed by atoms with van der Waals surface area (Å²) in [6, 6.07) is 9.45. The zero-order valence-corrected chi connectivity index (χ0v) is 13.7. The maximum atomic E-state index is 12.0. The highest BCUT2D eigenvalue weighted by Crippen LogP contribution is 2.26. The Labute approximate surface area is 137 Å². The zero-order chi connectivity index (χ0) is 16.7. The van der Waals surface area contributed by atoms with E-state index in [4.69, 9.17) is 5.26 Å². The van der Waals surface area contributed by atoms with E-state index >= 15 is 0 Å². The standard InChI is InChI=1S/C18H25N3O2/c1-21(17-8-4-15(13-22)5-9-17)11-10-18(23)20-16-6-2-14(12-19)3-7-16/h2-3,6-7,15,17,22H,4-5,8-11,13H2,1H3,(H,20,23). The van der Waals surface area contributed by atoms with Gasteiger partial charge in [-0.15, -0.1) is 0 Å². The van der Waals surface area contributed by atoms with Gasteiger partial charge >= 0.3 is 0 Å². The molecule has 0 radical (unpaired) electrons. The van der Waals surface area contributed by atoms with E-state index in [0.717, 1.165) is 37.9 Å². The lowest BCUT2D eigenvalue weighted by atomic mass is 9.86. The third-order valence-electron chi connectivity index (χ3n) is 4.69. The first-order valence-electron chi connectivity index (χ1n) is 8.23. The molecule has 2 N–H and O–H groups in total. The first kappa shape index (κ1) is 17.5. The lowest BCUT2D eigenvalue weighted by Crippen LogP contribution is -2.37. The molecule has 1 aromatic rings. The Morgan fingerprint density at radius 1 is 1.30 bits per heavy atom. The number of benzene rings is 1. The second kappa shape index (κ2) is 8.66. The number of carbonyl (C=O) groups excluding carboxylic acids is 1. The molecule has 0 aromatic heterocycles. The van der Waals surface area contributed by atoms with E-state index in [1.165, 1.54) is 0 Å². The van der Waals surface area contributed by atoms with Gasteiger partial charge in [-0.05, 0) is 62.9 Å². The Kier molecular flexibility index (Phi) is 6.57. The molecule has 0 bridgehead atoms. The maximum Gasteiger partial charge on any atom is 0.225 e. The van der Waals surface area contributed by atoms with Crippen LogP contribution in [0.25, 0.3) is 0 Å². The Hall–Kier alpha value is -1.90. The van der Waals surface area contributed by atoms with Crippen LogP contribution in [0.5, 0.6) is 0 Å². The van der Waals surface area contributed by atoms with E-state index in [2.05, 4.69) is 23.3 Å². The first-order valence-corrected chi connectivity index (χ1v) is 8.23. The summed E-state index contributed by atoms with van der Waals surface area (Å²) in [5, 5.41) is 20.8. The van der Waals surface area contributed by atoms with Gasteiger partial charge in [0.2, 0.25) is 5.91 Å². The number of hydrogen-bond donors (Lipinski definition) is 2. The lowest BCUT2D eigenvalue weighted by Gasteiger charge is -2.34. The van der Waals surface area contributed by atoms with Crippen molar-refractivity contribution in [3.8, 4) is 6.07 Å². The molecule has 1 aliphatic carbocycles. The zero-order valence-electron chi connectivity index (χ0n) is 13.7. The number of nitrogens with zero attached hydrogens (tertiary/aromatic N) is 2. The van der Waals surface area contributed by atoms with Crippen LogP contribution in [0, 0.1) is 17.2 Å². The van der Waals surface area contributed by atoms with Crippen LogP contribution in [0.3, 0.4) is 0 Å². The Balaban J connectivity index is 1.72. The van der Waals surface area contributed by atoms with Gasteiger partial charge in [-0.2, -0.15) is 5.26 Å². The summed E-state index contributed by atoms with van der Waals surface area (Å²) in [6.07, 6.45) is 4.79. The average molecular weight is 315 g/mol. The molecule has 0 atom stereocenters. The van der Waals surface area contributed by atoms with E-state index in [9.17, 15) is 9.90 Å². The van der Waals surface area contributed by atoms with Crippen LogP contribution < -0.4 is 5.32 Å². The quantitative estimate of drug-likeness (QED) is 0.845. The van der Waals surface area contributed by atoms with Gasteiger partial charge in [-0.3, -0.25) is 4.79 Å². The summed E-state index contributed by atoms with van der Waals surface area (Å²) in [4.78, 5) is 14.3. The molecule has 0 saturated heterocycles. The molecule has 1 aliphatic rings. The summed E-state index contributed by atoms with van der Waals surface area (Å²) in [5.74, 6) is 0.449. The minimum absolute atomic E-state index is 0.00870. The topological polar surface area (TPSA) is 76.4 Å². The summed E-state index contributed by atoms with van der Waals surface area (Å²) in [5.41, 5.74) is 1.31. The normalized spacial score (nSPS) is 21.0. The van der Waals surface area contributed by atoms with Gasteiger partial charge in [-0.25, -0.2) is 0 Å². The molecule has 124 valence electrons. The smallest absolute Gasteiger partial charge is 0.225 e. The number of carbonyl (C=O) groups is 1. The van der Waals surface area contributed by atoms with Crippen molar-refractivity contribution >= 4 is 11.6 Å². The van der Waals surface area contributed by atoms with Crippen LogP contribution >= 0.6 is 0 Å².